The molecule has 4 nitrogen and oxygen atoms in total. The molecule has 1 aliphatic rings. The molecular formula is C21H22N4S2. The van der Waals surface area contributed by atoms with Crippen molar-refractivity contribution in [2.24, 2.45) is 0 Å². The number of nitrogens with zero attached hydrogens (tertiary/aromatic N) is 3. The zero-order valence-electron chi connectivity index (χ0n) is 15.5. The van der Waals surface area contributed by atoms with E-state index in [-0.39, 0.29) is 0 Å². The van der Waals surface area contributed by atoms with Crippen molar-refractivity contribution < 1.29 is 0 Å². The quantitative estimate of drug-likeness (QED) is 0.471. The van der Waals surface area contributed by atoms with Crippen molar-refractivity contribution >= 4 is 54.5 Å². The van der Waals surface area contributed by atoms with Crippen molar-refractivity contribution in [3.8, 4) is 0 Å². The number of nitrogens with one attached hydrogen (secondary N) is 1. The average Bonchev–Trinajstić information content (AvgIpc) is 3.39. The third kappa shape index (κ3) is 3.02. The van der Waals surface area contributed by atoms with Crippen LogP contribution in [0.15, 0.2) is 42.0 Å². The second kappa shape index (κ2) is 6.86. The van der Waals surface area contributed by atoms with Crippen molar-refractivity contribution in [1.29, 1.82) is 0 Å². The Hall–Kier alpha value is -2.02. The van der Waals surface area contributed by atoms with Crippen molar-refractivity contribution in [2.45, 2.75) is 32.2 Å². The Morgan fingerprint density at radius 3 is 3.00 bits per heavy atom. The van der Waals surface area contributed by atoms with Gasteiger partial charge in [-0.05, 0) is 56.8 Å². The summed E-state index contributed by atoms with van der Waals surface area (Å²) in [5, 5.41) is 4.81. The number of likely N-dealkylation sites (tertiary alicyclic amines) is 1. The van der Waals surface area contributed by atoms with Gasteiger partial charge in [-0.3, -0.25) is 0 Å². The number of hydrogen-bond donors (Lipinski definition) is 1. The van der Waals surface area contributed by atoms with E-state index in [2.05, 4.69) is 64.4 Å². The standard InChI is InChI=1S/C21H22N4S2/c1-3-25-9-7-15(13(25)2)20-11-16-17(6-8-22-21(16)27-20)24-14-4-5-19-18(10-14)23-12-26-19/h4-6,8,10-13,15H,3,7,9H2,1-2H3,(H,22,24)/t13-,15+/m1/s1. The SMILES string of the molecule is CCN1CC[C@H](c2cc3c(Nc4ccc5scnc5c4)ccnc3s2)[C@H]1C. The van der Waals surface area contributed by atoms with Gasteiger partial charge in [0.25, 0.3) is 0 Å². The summed E-state index contributed by atoms with van der Waals surface area (Å²) in [6, 6.07) is 11.4. The first kappa shape index (κ1) is 17.1. The summed E-state index contributed by atoms with van der Waals surface area (Å²) < 4.78 is 1.22. The predicted molar refractivity (Wildman–Crippen MR) is 117 cm³/mol. The summed E-state index contributed by atoms with van der Waals surface area (Å²) in [5.74, 6) is 0.614. The highest BCUT2D eigenvalue weighted by atomic mass is 32.1. The molecule has 0 amide bonds. The zero-order chi connectivity index (χ0) is 18.4. The number of rotatable bonds is 4. The van der Waals surface area contributed by atoms with Crippen LogP contribution in [0.4, 0.5) is 11.4 Å². The number of thiazole rings is 1. The van der Waals surface area contributed by atoms with Gasteiger partial charge in [-0.15, -0.1) is 22.7 Å². The third-order valence-electron chi connectivity index (χ3n) is 5.72. The first-order valence-corrected chi connectivity index (χ1v) is 11.2. The lowest BCUT2D eigenvalue weighted by Gasteiger charge is -2.22. The molecule has 1 saturated heterocycles. The van der Waals surface area contributed by atoms with Gasteiger partial charge in [-0.25, -0.2) is 9.97 Å². The van der Waals surface area contributed by atoms with Gasteiger partial charge in [0.2, 0.25) is 0 Å². The molecule has 0 spiro atoms. The van der Waals surface area contributed by atoms with E-state index in [1.165, 1.54) is 27.9 Å². The van der Waals surface area contributed by atoms with Crippen molar-refractivity contribution in [3.63, 3.8) is 0 Å². The maximum absolute atomic E-state index is 4.64. The maximum Gasteiger partial charge on any atom is 0.125 e. The van der Waals surface area contributed by atoms with Gasteiger partial charge in [0.05, 0.1) is 21.4 Å². The highest BCUT2D eigenvalue weighted by Crippen LogP contribution is 2.41. The molecule has 1 N–H and O–H groups in total. The predicted octanol–water partition coefficient (Wildman–Crippen LogP) is 5.85. The van der Waals surface area contributed by atoms with Crippen molar-refractivity contribution in [3.05, 3.63) is 46.9 Å². The highest BCUT2D eigenvalue weighted by Gasteiger charge is 2.32. The van der Waals surface area contributed by atoms with Crippen LogP contribution in [-0.2, 0) is 0 Å². The Labute approximate surface area is 166 Å². The molecule has 0 saturated carbocycles. The number of fused-ring (bicyclic) bond motifs is 2. The van der Waals surface area contributed by atoms with Gasteiger partial charge in [-0.2, -0.15) is 0 Å². The van der Waals surface area contributed by atoms with Crippen LogP contribution in [0.5, 0.6) is 0 Å². The summed E-state index contributed by atoms with van der Waals surface area (Å²) in [6.45, 7) is 6.95. The van der Waals surface area contributed by atoms with Crippen LogP contribution < -0.4 is 5.32 Å². The Morgan fingerprint density at radius 1 is 1.22 bits per heavy atom. The minimum atomic E-state index is 0.603. The fourth-order valence-electron chi connectivity index (χ4n) is 4.17. The molecule has 1 aliphatic heterocycles. The van der Waals surface area contributed by atoms with Crippen LogP contribution in [0, 0.1) is 0 Å². The van der Waals surface area contributed by atoms with Gasteiger partial charge in [0.1, 0.15) is 4.83 Å². The number of likely N-dealkylation sites (N-methyl/N-ethyl adjacent to an activating group) is 1. The molecule has 6 heteroatoms. The molecule has 0 unspecified atom stereocenters. The van der Waals surface area contributed by atoms with Crippen LogP contribution in [0.2, 0.25) is 0 Å². The number of benzene rings is 1. The minimum Gasteiger partial charge on any atom is -0.355 e. The van der Waals surface area contributed by atoms with Gasteiger partial charge < -0.3 is 10.2 Å². The Kier molecular flexibility index (Phi) is 4.34. The molecule has 0 aliphatic carbocycles. The largest absolute Gasteiger partial charge is 0.355 e. The van der Waals surface area contributed by atoms with E-state index in [9.17, 15) is 0 Å². The van der Waals surface area contributed by atoms with Gasteiger partial charge in [-0.1, -0.05) is 6.92 Å². The molecule has 5 rings (SSSR count). The second-order valence-electron chi connectivity index (χ2n) is 7.15. The van der Waals surface area contributed by atoms with Crippen LogP contribution in [0.3, 0.4) is 0 Å². The Bertz CT molecular complexity index is 1100. The molecule has 3 aromatic heterocycles. The second-order valence-corrected chi connectivity index (χ2v) is 9.10. The highest BCUT2D eigenvalue weighted by molar-refractivity contribution is 7.18. The molecule has 0 radical (unpaired) electrons. The first-order chi connectivity index (χ1) is 13.2. The van der Waals surface area contributed by atoms with Gasteiger partial charge in [0.15, 0.2) is 0 Å². The topological polar surface area (TPSA) is 41.0 Å². The van der Waals surface area contributed by atoms with Crippen LogP contribution >= 0.6 is 22.7 Å². The van der Waals surface area contributed by atoms with E-state index in [0.717, 1.165) is 28.3 Å². The molecule has 4 heterocycles. The third-order valence-corrected chi connectivity index (χ3v) is 7.71. The number of pyridine rings is 1. The molecule has 0 bridgehead atoms. The molecule has 138 valence electrons. The monoisotopic (exact) mass is 394 g/mol. The van der Waals surface area contributed by atoms with Gasteiger partial charge >= 0.3 is 0 Å². The fourth-order valence-corrected chi connectivity index (χ4v) is 6.09. The summed E-state index contributed by atoms with van der Waals surface area (Å²) in [7, 11) is 0. The fraction of sp³-hybridized carbons (Fsp3) is 0.333. The van der Waals surface area contributed by atoms with E-state index in [0.29, 0.717) is 12.0 Å². The summed E-state index contributed by atoms with van der Waals surface area (Å²) in [5.41, 5.74) is 5.13. The van der Waals surface area contributed by atoms with E-state index in [1.807, 2.05) is 23.0 Å². The van der Waals surface area contributed by atoms with Crippen molar-refractivity contribution in [2.75, 3.05) is 18.4 Å². The summed E-state index contributed by atoms with van der Waals surface area (Å²) in [4.78, 5) is 14.2. The minimum absolute atomic E-state index is 0.603. The molecule has 4 aromatic rings. The zero-order valence-corrected chi connectivity index (χ0v) is 17.1. The number of thiophene rings is 1. The maximum atomic E-state index is 4.64. The van der Waals surface area contributed by atoms with Crippen LogP contribution in [0.25, 0.3) is 20.4 Å². The van der Waals surface area contributed by atoms with Crippen LogP contribution in [0.1, 0.15) is 31.1 Å². The molecule has 27 heavy (non-hydrogen) atoms. The molecule has 2 atom stereocenters. The smallest absolute Gasteiger partial charge is 0.125 e. The lowest BCUT2D eigenvalue weighted by Crippen LogP contribution is -2.28. The number of anilines is 2. The van der Waals surface area contributed by atoms with Crippen molar-refractivity contribution in [1.82, 2.24) is 14.9 Å². The van der Waals surface area contributed by atoms with E-state index in [1.54, 1.807) is 11.3 Å². The molecular weight excluding hydrogens is 372 g/mol. The van der Waals surface area contributed by atoms with E-state index in [4.69, 9.17) is 0 Å². The van der Waals surface area contributed by atoms with E-state index < -0.39 is 0 Å². The Morgan fingerprint density at radius 2 is 2.15 bits per heavy atom. The van der Waals surface area contributed by atoms with Gasteiger partial charge in [0, 0.05) is 34.1 Å². The Balaban J connectivity index is 1.49. The number of aromatic nitrogens is 2. The molecule has 1 aromatic carbocycles. The lowest BCUT2D eigenvalue weighted by molar-refractivity contribution is 0.274. The normalized spacial score (nSPS) is 20.7. The summed E-state index contributed by atoms with van der Waals surface area (Å²) >= 11 is 3.52. The lowest BCUT2D eigenvalue weighted by atomic mass is 9.99. The van der Waals surface area contributed by atoms with E-state index >= 15 is 0 Å². The number of hydrogen-bond acceptors (Lipinski definition) is 6. The molecule has 1 fully saturated rings. The first-order valence-electron chi connectivity index (χ1n) is 9.45. The van der Waals surface area contributed by atoms with Crippen LogP contribution in [-0.4, -0.2) is 34.0 Å². The average molecular weight is 395 g/mol. The summed E-state index contributed by atoms with van der Waals surface area (Å²) in [6.07, 6.45) is 3.15.